The fourth-order valence-electron chi connectivity index (χ4n) is 2.71. The van der Waals surface area contributed by atoms with Crippen LogP contribution < -0.4 is 5.32 Å². The second-order valence-corrected chi connectivity index (χ2v) is 4.88. The SMILES string of the molecule is CC(=O)O[C@H]1C(=O)N[C@H]1CC1CCCCC1. The normalized spacial score (nSPS) is 30.4. The number of amides is 1. The molecule has 2 atom stereocenters. The summed E-state index contributed by atoms with van der Waals surface area (Å²) in [6.07, 6.45) is 6.86. The van der Waals surface area contributed by atoms with E-state index in [2.05, 4.69) is 5.32 Å². The van der Waals surface area contributed by atoms with Gasteiger partial charge < -0.3 is 10.1 Å². The van der Waals surface area contributed by atoms with Crippen LogP contribution in [0.25, 0.3) is 0 Å². The quantitative estimate of drug-likeness (QED) is 0.583. The van der Waals surface area contributed by atoms with E-state index in [-0.39, 0.29) is 17.9 Å². The lowest BCUT2D eigenvalue weighted by Crippen LogP contribution is -2.64. The van der Waals surface area contributed by atoms with E-state index in [4.69, 9.17) is 4.74 Å². The molecular weight excluding hydrogens is 206 g/mol. The molecule has 1 amide bonds. The number of esters is 1. The van der Waals surface area contributed by atoms with Gasteiger partial charge in [-0.1, -0.05) is 32.1 Å². The van der Waals surface area contributed by atoms with Crippen molar-refractivity contribution in [3.63, 3.8) is 0 Å². The molecule has 4 heteroatoms. The number of carbonyl (C=O) groups excluding carboxylic acids is 2. The van der Waals surface area contributed by atoms with Crippen LogP contribution in [0.3, 0.4) is 0 Å². The summed E-state index contributed by atoms with van der Waals surface area (Å²) in [4.78, 5) is 22.1. The lowest BCUT2D eigenvalue weighted by atomic mass is 9.81. The molecule has 0 aromatic rings. The van der Waals surface area contributed by atoms with Gasteiger partial charge in [0.1, 0.15) is 0 Å². The zero-order valence-electron chi connectivity index (χ0n) is 9.70. The molecule has 16 heavy (non-hydrogen) atoms. The van der Waals surface area contributed by atoms with Crippen molar-refractivity contribution < 1.29 is 14.3 Å². The maximum absolute atomic E-state index is 11.2. The molecule has 90 valence electrons. The van der Waals surface area contributed by atoms with Gasteiger partial charge in [-0.3, -0.25) is 9.59 Å². The van der Waals surface area contributed by atoms with Crippen molar-refractivity contribution in [2.75, 3.05) is 0 Å². The number of nitrogens with one attached hydrogen (secondary N) is 1. The summed E-state index contributed by atoms with van der Waals surface area (Å²) >= 11 is 0. The molecule has 1 N–H and O–H groups in total. The Kier molecular flexibility index (Phi) is 3.46. The summed E-state index contributed by atoms with van der Waals surface area (Å²) in [5.41, 5.74) is 0. The van der Waals surface area contributed by atoms with E-state index in [0.29, 0.717) is 5.92 Å². The molecule has 1 aliphatic heterocycles. The Morgan fingerprint density at radius 2 is 2.06 bits per heavy atom. The minimum Gasteiger partial charge on any atom is -0.450 e. The van der Waals surface area contributed by atoms with Crippen molar-refractivity contribution in [1.29, 1.82) is 0 Å². The smallest absolute Gasteiger partial charge is 0.303 e. The summed E-state index contributed by atoms with van der Waals surface area (Å²) in [6, 6.07) is 0.0551. The van der Waals surface area contributed by atoms with Crippen molar-refractivity contribution in [1.82, 2.24) is 5.32 Å². The molecule has 0 aromatic heterocycles. The molecule has 0 unspecified atom stereocenters. The van der Waals surface area contributed by atoms with Crippen LogP contribution in [-0.2, 0) is 14.3 Å². The fourth-order valence-corrected chi connectivity index (χ4v) is 2.71. The number of ether oxygens (including phenoxy) is 1. The van der Waals surface area contributed by atoms with E-state index in [0.717, 1.165) is 6.42 Å². The third kappa shape index (κ3) is 2.54. The minimum absolute atomic E-state index is 0.0551. The van der Waals surface area contributed by atoms with Gasteiger partial charge in [-0.2, -0.15) is 0 Å². The van der Waals surface area contributed by atoms with Crippen molar-refractivity contribution in [3.05, 3.63) is 0 Å². The Hall–Kier alpha value is -1.06. The van der Waals surface area contributed by atoms with Gasteiger partial charge in [0.2, 0.25) is 0 Å². The van der Waals surface area contributed by atoms with Gasteiger partial charge in [0.05, 0.1) is 6.04 Å². The van der Waals surface area contributed by atoms with Gasteiger partial charge in [0.25, 0.3) is 5.91 Å². The molecule has 2 aliphatic rings. The molecule has 2 rings (SSSR count). The summed E-state index contributed by atoms with van der Waals surface area (Å²) in [7, 11) is 0. The standard InChI is InChI=1S/C12H19NO3/c1-8(14)16-11-10(13-12(11)15)7-9-5-3-2-4-6-9/h9-11H,2-7H2,1H3,(H,13,15)/t10-,11+/m0/s1. The monoisotopic (exact) mass is 225 g/mol. The summed E-state index contributed by atoms with van der Waals surface area (Å²) < 4.78 is 5.00. The van der Waals surface area contributed by atoms with E-state index >= 15 is 0 Å². The molecule has 1 saturated carbocycles. The number of hydrogen-bond donors (Lipinski definition) is 1. The molecule has 0 radical (unpaired) electrons. The summed E-state index contributed by atoms with van der Waals surface area (Å²) in [5.74, 6) is 0.182. The molecule has 0 bridgehead atoms. The van der Waals surface area contributed by atoms with Crippen molar-refractivity contribution >= 4 is 11.9 Å². The maximum atomic E-state index is 11.2. The first-order valence-corrected chi connectivity index (χ1v) is 6.14. The molecule has 0 spiro atoms. The van der Waals surface area contributed by atoms with Crippen LogP contribution in [0.5, 0.6) is 0 Å². The Labute approximate surface area is 95.7 Å². The van der Waals surface area contributed by atoms with Gasteiger partial charge >= 0.3 is 5.97 Å². The van der Waals surface area contributed by atoms with Gasteiger partial charge in [0.15, 0.2) is 6.10 Å². The number of β-lactam (4-membered cyclic amide) rings is 1. The average Bonchev–Trinajstić information content (AvgIpc) is 2.27. The third-order valence-corrected chi connectivity index (χ3v) is 3.56. The van der Waals surface area contributed by atoms with Crippen molar-refractivity contribution in [2.45, 2.75) is 57.6 Å². The number of carbonyl (C=O) groups is 2. The van der Waals surface area contributed by atoms with Gasteiger partial charge in [0, 0.05) is 6.92 Å². The van der Waals surface area contributed by atoms with Crippen molar-refractivity contribution in [2.24, 2.45) is 5.92 Å². The van der Waals surface area contributed by atoms with Crippen LogP contribution >= 0.6 is 0 Å². The lowest BCUT2D eigenvalue weighted by molar-refractivity contribution is -0.165. The lowest BCUT2D eigenvalue weighted by Gasteiger charge is -2.38. The summed E-state index contributed by atoms with van der Waals surface area (Å²) in [5, 5.41) is 2.83. The number of rotatable bonds is 3. The number of hydrogen-bond acceptors (Lipinski definition) is 3. The van der Waals surface area contributed by atoms with Gasteiger partial charge in [-0.15, -0.1) is 0 Å². The highest BCUT2D eigenvalue weighted by Crippen LogP contribution is 2.30. The van der Waals surface area contributed by atoms with E-state index in [1.165, 1.54) is 39.0 Å². The second-order valence-electron chi connectivity index (χ2n) is 4.88. The molecule has 1 saturated heterocycles. The predicted molar refractivity (Wildman–Crippen MR) is 58.7 cm³/mol. The Bertz CT molecular complexity index is 284. The fraction of sp³-hybridized carbons (Fsp3) is 0.833. The van der Waals surface area contributed by atoms with Crippen LogP contribution in [0.4, 0.5) is 0 Å². The maximum Gasteiger partial charge on any atom is 0.303 e. The Morgan fingerprint density at radius 3 is 2.62 bits per heavy atom. The first-order chi connectivity index (χ1) is 7.66. The Morgan fingerprint density at radius 1 is 1.38 bits per heavy atom. The highest BCUT2D eigenvalue weighted by atomic mass is 16.6. The molecule has 1 aliphatic carbocycles. The largest absolute Gasteiger partial charge is 0.450 e. The van der Waals surface area contributed by atoms with Crippen molar-refractivity contribution in [3.8, 4) is 0 Å². The van der Waals surface area contributed by atoms with Crippen LogP contribution in [0.15, 0.2) is 0 Å². The topological polar surface area (TPSA) is 55.4 Å². The van der Waals surface area contributed by atoms with E-state index < -0.39 is 6.10 Å². The van der Waals surface area contributed by atoms with Crippen LogP contribution in [0.2, 0.25) is 0 Å². The molecule has 1 heterocycles. The average molecular weight is 225 g/mol. The summed E-state index contributed by atoms with van der Waals surface area (Å²) in [6.45, 7) is 1.35. The Balaban J connectivity index is 1.80. The molecule has 0 aromatic carbocycles. The van der Waals surface area contributed by atoms with Crippen LogP contribution in [0, 0.1) is 5.92 Å². The van der Waals surface area contributed by atoms with Crippen LogP contribution in [-0.4, -0.2) is 24.0 Å². The first-order valence-electron chi connectivity index (χ1n) is 6.14. The third-order valence-electron chi connectivity index (χ3n) is 3.56. The molecule has 4 nitrogen and oxygen atoms in total. The van der Waals surface area contributed by atoms with E-state index in [1.54, 1.807) is 0 Å². The van der Waals surface area contributed by atoms with Crippen LogP contribution in [0.1, 0.15) is 45.4 Å². The zero-order valence-corrected chi connectivity index (χ0v) is 9.70. The zero-order chi connectivity index (χ0) is 11.5. The minimum atomic E-state index is -0.528. The van der Waals surface area contributed by atoms with E-state index in [9.17, 15) is 9.59 Å². The highest BCUT2D eigenvalue weighted by molar-refractivity contribution is 5.90. The first kappa shape index (κ1) is 11.4. The predicted octanol–water partition coefficient (Wildman–Crippen LogP) is 1.39. The molecule has 2 fully saturated rings. The van der Waals surface area contributed by atoms with Gasteiger partial charge in [-0.05, 0) is 12.3 Å². The highest BCUT2D eigenvalue weighted by Gasteiger charge is 2.42. The van der Waals surface area contributed by atoms with E-state index in [1.807, 2.05) is 0 Å². The molecular formula is C12H19NO3. The second kappa shape index (κ2) is 4.85. The van der Waals surface area contributed by atoms with Gasteiger partial charge in [-0.25, -0.2) is 0 Å².